The zero-order chi connectivity index (χ0) is 22.8. The molecule has 8 heteroatoms. The van der Waals surface area contributed by atoms with Crippen molar-refractivity contribution in [3.05, 3.63) is 75.5 Å². The SMILES string of the molecule is C=CCOc1ccc(C2CC(=O)Nc3c2sc(C(=O)O)c3-c2ccc(Cl)cc2)cc1OC. The zero-order valence-corrected chi connectivity index (χ0v) is 18.8. The maximum atomic E-state index is 12.6. The Morgan fingerprint density at radius 1 is 1.28 bits per heavy atom. The normalized spacial score (nSPS) is 14.9. The molecule has 0 saturated carbocycles. The Labute approximate surface area is 194 Å². The first-order valence-electron chi connectivity index (χ1n) is 9.80. The fourth-order valence-electron chi connectivity index (χ4n) is 3.77. The van der Waals surface area contributed by atoms with Crippen molar-refractivity contribution >= 4 is 40.5 Å². The minimum Gasteiger partial charge on any atom is -0.493 e. The molecule has 2 N–H and O–H groups in total. The van der Waals surface area contributed by atoms with Crippen molar-refractivity contribution in [3.8, 4) is 22.6 Å². The maximum Gasteiger partial charge on any atom is 0.346 e. The number of hydrogen-bond acceptors (Lipinski definition) is 5. The van der Waals surface area contributed by atoms with Gasteiger partial charge in [0.05, 0.1) is 12.8 Å². The van der Waals surface area contributed by atoms with Gasteiger partial charge >= 0.3 is 5.97 Å². The van der Waals surface area contributed by atoms with Crippen LogP contribution in [0, 0.1) is 0 Å². The van der Waals surface area contributed by atoms with Crippen LogP contribution in [-0.2, 0) is 4.79 Å². The zero-order valence-electron chi connectivity index (χ0n) is 17.2. The van der Waals surface area contributed by atoms with Gasteiger partial charge in [-0.25, -0.2) is 4.79 Å². The van der Waals surface area contributed by atoms with E-state index in [1.807, 2.05) is 12.1 Å². The van der Waals surface area contributed by atoms with Crippen LogP contribution >= 0.6 is 22.9 Å². The second-order valence-electron chi connectivity index (χ2n) is 7.17. The molecule has 4 rings (SSSR count). The Morgan fingerprint density at radius 2 is 2.03 bits per heavy atom. The van der Waals surface area contributed by atoms with E-state index in [1.54, 1.807) is 43.5 Å². The number of fused-ring (bicyclic) bond motifs is 1. The first-order valence-corrected chi connectivity index (χ1v) is 11.0. The largest absolute Gasteiger partial charge is 0.493 e. The fraction of sp³-hybridized carbons (Fsp3) is 0.167. The Kier molecular flexibility index (Phi) is 6.21. The molecule has 2 aromatic carbocycles. The van der Waals surface area contributed by atoms with Gasteiger partial charge in [-0.1, -0.05) is 42.5 Å². The number of carboxylic acid groups (broad SMARTS) is 1. The summed E-state index contributed by atoms with van der Waals surface area (Å²) in [7, 11) is 1.55. The number of carbonyl (C=O) groups excluding carboxylic acids is 1. The number of halogens is 1. The summed E-state index contributed by atoms with van der Waals surface area (Å²) in [6.45, 7) is 3.98. The van der Waals surface area contributed by atoms with Crippen molar-refractivity contribution in [2.75, 3.05) is 19.0 Å². The number of ether oxygens (including phenoxy) is 2. The molecule has 32 heavy (non-hydrogen) atoms. The number of methoxy groups -OCH3 is 1. The summed E-state index contributed by atoms with van der Waals surface area (Å²) >= 11 is 7.18. The lowest BCUT2D eigenvalue weighted by atomic mass is 9.88. The number of amides is 1. The summed E-state index contributed by atoms with van der Waals surface area (Å²) < 4.78 is 11.1. The number of rotatable bonds is 7. The summed E-state index contributed by atoms with van der Waals surface area (Å²) in [4.78, 5) is 25.7. The highest BCUT2D eigenvalue weighted by molar-refractivity contribution is 7.15. The summed E-state index contributed by atoms with van der Waals surface area (Å²) in [5.41, 5.74) is 2.53. The first kappa shape index (κ1) is 21.9. The highest BCUT2D eigenvalue weighted by atomic mass is 35.5. The van der Waals surface area contributed by atoms with Gasteiger partial charge in [0.15, 0.2) is 11.5 Å². The van der Waals surface area contributed by atoms with Crippen LogP contribution in [0.3, 0.4) is 0 Å². The van der Waals surface area contributed by atoms with Gasteiger partial charge in [-0.15, -0.1) is 11.3 Å². The van der Waals surface area contributed by atoms with Gasteiger partial charge in [0.25, 0.3) is 0 Å². The summed E-state index contributed by atoms with van der Waals surface area (Å²) in [5.74, 6) is -0.447. The second kappa shape index (κ2) is 9.06. The number of carbonyl (C=O) groups is 2. The lowest BCUT2D eigenvalue weighted by Crippen LogP contribution is -2.22. The van der Waals surface area contributed by atoms with Gasteiger partial charge in [-0.05, 0) is 35.4 Å². The Hall–Kier alpha value is -3.29. The van der Waals surface area contributed by atoms with E-state index < -0.39 is 5.97 Å². The third-order valence-corrected chi connectivity index (χ3v) is 6.72. The number of hydrogen-bond donors (Lipinski definition) is 2. The summed E-state index contributed by atoms with van der Waals surface area (Å²) in [5, 5.41) is 13.3. The van der Waals surface area contributed by atoms with Crippen molar-refractivity contribution in [2.24, 2.45) is 0 Å². The first-order chi connectivity index (χ1) is 15.4. The van der Waals surface area contributed by atoms with E-state index in [9.17, 15) is 14.7 Å². The fourth-order valence-corrected chi connectivity index (χ4v) is 5.14. The summed E-state index contributed by atoms with van der Waals surface area (Å²) in [6.07, 6.45) is 1.84. The molecule has 0 saturated heterocycles. The molecule has 6 nitrogen and oxygen atoms in total. The lowest BCUT2D eigenvalue weighted by Gasteiger charge is -2.24. The topological polar surface area (TPSA) is 84.9 Å². The van der Waals surface area contributed by atoms with E-state index in [-0.39, 0.29) is 23.1 Å². The van der Waals surface area contributed by atoms with Crippen LogP contribution < -0.4 is 14.8 Å². The van der Waals surface area contributed by atoms with Crippen LogP contribution in [-0.4, -0.2) is 30.7 Å². The van der Waals surface area contributed by atoms with Gasteiger partial charge < -0.3 is 19.9 Å². The van der Waals surface area contributed by atoms with Gasteiger partial charge in [-0.2, -0.15) is 0 Å². The average molecular weight is 470 g/mol. The molecule has 1 aliphatic heterocycles. The minimum atomic E-state index is -1.05. The van der Waals surface area contributed by atoms with Crippen molar-refractivity contribution in [1.29, 1.82) is 0 Å². The quantitative estimate of drug-likeness (QED) is 0.426. The number of nitrogens with one attached hydrogen (secondary N) is 1. The summed E-state index contributed by atoms with van der Waals surface area (Å²) in [6, 6.07) is 12.4. The number of thiophene rings is 1. The van der Waals surface area contributed by atoms with Crippen LogP contribution in [0.4, 0.5) is 5.69 Å². The molecule has 0 bridgehead atoms. The number of carboxylic acids is 1. The van der Waals surface area contributed by atoms with E-state index >= 15 is 0 Å². The molecule has 2 heterocycles. The van der Waals surface area contributed by atoms with Crippen molar-refractivity contribution in [1.82, 2.24) is 0 Å². The molecule has 1 aromatic heterocycles. The third-order valence-electron chi connectivity index (χ3n) is 5.18. The standard InChI is InChI=1S/C24H20ClNO5S/c1-3-10-31-17-9-6-14(11-18(17)30-2)16-12-19(27)26-21-20(13-4-7-15(25)8-5-13)23(24(28)29)32-22(16)21/h3-9,11,16H,1,10,12H2,2H3,(H,26,27)(H,28,29). The molecule has 1 atom stereocenters. The molecule has 1 unspecified atom stereocenters. The highest BCUT2D eigenvalue weighted by Gasteiger charge is 2.34. The molecule has 164 valence electrons. The van der Waals surface area contributed by atoms with E-state index in [4.69, 9.17) is 21.1 Å². The van der Waals surface area contributed by atoms with Gasteiger partial charge in [0, 0.05) is 27.8 Å². The third kappa shape index (κ3) is 4.09. The van der Waals surface area contributed by atoms with E-state index in [1.165, 1.54) is 11.3 Å². The maximum absolute atomic E-state index is 12.6. The predicted molar refractivity (Wildman–Crippen MR) is 126 cm³/mol. The number of aromatic carboxylic acids is 1. The monoisotopic (exact) mass is 469 g/mol. The van der Waals surface area contributed by atoms with Crippen molar-refractivity contribution < 1.29 is 24.2 Å². The van der Waals surface area contributed by atoms with Crippen LogP contribution in [0.2, 0.25) is 5.02 Å². The Bertz CT molecular complexity index is 1200. The van der Waals surface area contributed by atoms with Crippen molar-refractivity contribution in [2.45, 2.75) is 12.3 Å². The van der Waals surface area contributed by atoms with Crippen LogP contribution in [0.5, 0.6) is 11.5 Å². The van der Waals surface area contributed by atoms with Crippen molar-refractivity contribution in [3.63, 3.8) is 0 Å². The van der Waals surface area contributed by atoms with Gasteiger partial charge in [-0.3, -0.25) is 4.79 Å². The number of anilines is 1. The van der Waals surface area contributed by atoms with Gasteiger partial charge in [0.2, 0.25) is 5.91 Å². The smallest absolute Gasteiger partial charge is 0.346 e. The van der Waals surface area contributed by atoms with Gasteiger partial charge in [0.1, 0.15) is 11.5 Å². The minimum absolute atomic E-state index is 0.169. The predicted octanol–water partition coefficient (Wildman–Crippen LogP) is 5.81. The van der Waals surface area contributed by atoms with Crippen LogP contribution in [0.25, 0.3) is 11.1 Å². The molecule has 3 aromatic rings. The molecule has 1 amide bonds. The van der Waals surface area contributed by atoms with E-state index in [0.717, 1.165) is 10.4 Å². The second-order valence-corrected chi connectivity index (χ2v) is 8.66. The van der Waals surface area contributed by atoms with Crippen LogP contribution in [0.15, 0.2) is 55.1 Å². The Balaban J connectivity index is 1.84. The molecule has 0 fully saturated rings. The number of benzene rings is 2. The average Bonchev–Trinajstić information content (AvgIpc) is 3.17. The molecule has 1 aliphatic rings. The molecule has 0 spiro atoms. The molecular formula is C24H20ClNO5S. The molecule has 0 radical (unpaired) electrons. The Morgan fingerprint density at radius 3 is 2.69 bits per heavy atom. The molecule has 0 aliphatic carbocycles. The van der Waals surface area contributed by atoms with E-state index in [0.29, 0.717) is 39.9 Å². The lowest BCUT2D eigenvalue weighted by molar-refractivity contribution is -0.116. The van der Waals surface area contributed by atoms with E-state index in [2.05, 4.69) is 11.9 Å². The van der Waals surface area contributed by atoms with Crippen LogP contribution in [0.1, 0.15) is 32.5 Å². The molecular weight excluding hydrogens is 450 g/mol. The highest BCUT2D eigenvalue weighted by Crippen LogP contribution is 2.50.